The van der Waals surface area contributed by atoms with Gasteiger partial charge in [-0.15, -0.1) is 11.8 Å². The summed E-state index contributed by atoms with van der Waals surface area (Å²) in [7, 11) is 0. The van der Waals surface area contributed by atoms with Crippen LogP contribution in [0.2, 0.25) is 0 Å². The molecule has 0 rings (SSSR count). The molecule has 0 aliphatic heterocycles. The van der Waals surface area contributed by atoms with Crippen molar-refractivity contribution in [3.05, 3.63) is 0 Å². The molecule has 78 valence electrons. The van der Waals surface area contributed by atoms with Gasteiger partial charge < -0.3 is 5.11 Å². The van der Waals surface area contributed by atoms with Crippen molar-refractivity contribution in [1.29, 1.82) is 0 Å². The minimum absolute atomic E-state index is 0.137. The van der Waals surface area contributed by atoms with Gasteiger partial charge in [-0.3, -0.25) is 9.59 Å². The van der Waals surface area contributed by atoms with Crippen LogP contribution >= 0.6 is 0 Å². The molecule has 3 nitrogen and oxygen atoms in total. The first-order valence-corrected chi connectivity index (χ1v) is 4.72. The topological polar surface area (TPSA) is 54.4 Å². The lowest BCUT2D eigenvalue weighted by Crippen LogP contribution is -2.08. The fourth-order valence-electron chi connectivity index (χ4n) is 0.827. The van der Waals surface area contributed by atoms with Crippen LogP contribution in [0.15, 0.2) is 0 Å². The minimum atomic E-state index is -0.782. The maximum Gasteiger partial charge on any atom is 0.306 e. The first-order chi connectivity index (χ1) is 6.54. The number of ketones is 1. The van der Waals surface area contributed by atoms with Gasteiger partial charge in [0.2, 0.25) is 0 Å². The Hall–Kier alpha value is -1.30. The number of carbonyl (C=O) groups is 2. The highest BCUT2D eigenvalue weighted by molar-refractivity contribution is 5.75. The molecule has 3 heteroatoms. The van der Waals surface area contributed by atoms with Crippen LogP contribution in [0.25, 0.3) is 0 Å². The molecule has 0 spiro atoms. The highest BCUT2D eigenvalue weighted by Crippen LogP contribution is 2.04. The van der Waals surface area contributed by atoms with Gasteiger partial charge in [-0.25, -0.2) is 0 Å². The number of hydrogen-bond donors (Lipinski definition) is 1. The Bertz CT molecular complexity index is 257. The van der Waals surface area contributed by atoms with E-state index in [2.05, 4.69) is 11.8 Å². The molecule has 0 aliphatic carbocycles. The van der Waals surface area contributed by atoms with E-state index in [-0.39, 0.29) is 11.7 Å². The van der Waals surface area contributed by atoms with Crippen LogP contribution in [-0.2, 0) is 9.59 Å². The summed E-state index contributed by atoms with van der Waals surface area (Å²) in [5.74, 6) is 4.73. The molecule has 0 aromatic carbocycles. The third-order valence-corrected chi connectivity index (χ3v) is 1.85. The number of rotatable bonds is 5. The van der Waals surface area contributed by atoms with E-state index in [4.69, 9.17) is 5.11 Å². The molecule has 0 aromatic rings. The maximum absolute atomic E-state index is 10.5. The van der Waals surface area contributed by atoms with Crippen LogP contribution in [0, 0.1) is 17.8 Å². The number of aliphatic carboxylic acids is 1. The van der Waals surface area contributed by atoms with Gasteiger partial charge >= 0.3 is 5.97 Å². The van der Waals surface area contributed by atoms with E-state index in [1.54, 1.807) is 6.92 Å². The summed E-state index contributed by atoms with van der Waals surface area (Å²) >= 11 is 0. The summed E-state index contributed by atoms with van der Waals surface area (Å²) in [4.78, 5) is 20.9. The summed E-state index contributed by atoms with van der Waals surface area (Å²) in [5.41, 5.74) is 0. The quantitative estimate of drug-likeness (QED) is 0.683. The molecule has 1 N–H and O–H groups in total. The van der Waals surface area contributed by atoms with Crippen molar-refractivity contribution in [2.75, 3.05) is 0 Å². The summed E-state index contributed by atoms with van der Waals surface area (Å²) in [5, 5.41) is 8.56. The van der Waals surface area contributed by atoms with Crippen molar-refractivity contribution < 1.29 is 14.7 Å². The molecule has 14 heavy (non-hydrogen) atoms. The van der Waals surface area contributed by atoms with Crippen LogP contribution < -0.4 is 0 Å². The maximum atomic E-state index is 10.5. The Morgan fingerprint density at radius 3 is 2.36 bits per heavy atom. The minimum Gasteiger partial charge on any atom is -0.481 e. The zero-order valence-corrected chi connectivity index (χ0v) is 8.67. The molecule has 0 bridgehead atoms. The van der Waals surface area contributed by atoms with Crippen molar-refractivity contribution in [3.63, 3.8) is 0 Å². The van der Waals surface area contributed by atoms with Gasteiger partial charge in [-0.1, -0.05) is 6.92 Å². The third kappa shape index (κ3) is 7.35. The molecule has 0 aliphatic rings. The van der Waals surface area contributed by atoms with Crippen LogP contribution in [0.5, 0.6) is 0 Å². The molecular formula is C11H16O3. The molecule has 0 saturated heterocycles. The fourth-order valence-corrected chi connectivity index (χ4v) is 0.827. The molecule has 1 atom stereocenters. The second kappa shape index (κ2) is 7.14. The molecule has 0 amide bonds. The molecule has 0 saturated carbocycles. The zero-order valence-electron chi connectivity index (χ0n) is 8.67. The second-order valence-electron chi connectivity index (χ2n) is 3.33. The van der Waals surface area contributed by atoms with Crippen molar-refractivity contribution in [3.8, 4) is 11.8 Å². The van der Waals surface area contributed by atoms with Gasteiger partial charge in [0, 0.05) is 19.3 Å². The number of carboxylic acid groups (broad SMARTS) is 1. The smallest absolute Gasteiger partial charge is 0.306 e. The van der Waals surface area contributed by atoms with E-state index < -0.39 is 5.97 Å². The Morgan fingerprint density at radius 1 is 1.29 bits per heavy atom. The highest BCUT2D eigenvalue weighted by atomic mass is 16.4. The fraction of sp³-hybridized carbons (Fsp3) is 0.636. The van der Waals surface area contributed by atoms with Crippen LogP contribution in [0.4, 0.5) is 0 Å². The Balaban J connectivity index is 3.52. The molecule has 0 heterocycles. The normalized spacial score (nSPS) is 11.3. The van der Waals surface area contributed by atoms with E-state index >= 15 is 0 Å². The van der Waals surface area contributed by atoms with Crippen LogP contribution in [-0.4, -0.2) is 16.9 Å². The number of carbonyl (C=O) groups excluding carboxylic acids is 1. The Kier molecular flexibility index (Phi) is 6.47. The van der Waals surface area contributed by atoms with Crippen LogP contribution in [0.3, 0.4) is 0 Å². The van der Waals surface area contributed by atoms with Crippen molar-refractivity contribution in [2.24, 2.45) is 5.92 Å². The van der Waals surface area contributed by atoms with Crippen LogP contribution in [0.1, 0.15) is 39.5 Å². The van der Waals surface area contributed by atoms with Gasteiger partial charge in [-0.2, -0.15) is 0 Å². The average Bonchev–Trinajstić information content (AvgIpc) is 2.09. The Labute approximate surface area is 84.5 Å². The number of Topliss-reactive ketones (excluding diaryl/α,β-unsaturated/α-hetero) is 1. The first kappa shape index (κ1) is 12.7. The van der Waals surface area contributed by atoms with Gasteiger partial charge in [0.1, 0.15) is 5.78 Å². The molecule has 0 fully saturated rings. The second-order valence-corrected chi connectivity index (χ2v) is 3.33. The molecular weight excluding hydrogens is 180 g/mol. The van der Waals surface area contributed by atoms with E-state index in [0.29, 0.717) is 25.7 Å². The summed E-state index contributed by atoms with van der Waals surface area (Å²) in [6, 6.07) is 0. The first-order valence-electron chi connectivity index (χ1n) is 4.72. The SMILES string of the molecule is CC(=O)CCC#CCCC(C)C(=O)O. The summed E-state index contributed by atoms with van der Waals surface area (Å²) in [6.07, 6.45) is 2.23. The number of carboxylic acids is 1. The summed E-state index contributed by atoms with van der Waals surface area (Å²) < 4.78 is 0. The summed E-state index contributed by atoms with van der Waals surface area (Å²) in [6.45, 7) is 3.20. The highest BCUT2D eigenvalue weighted by Gasteiger charge is 2.08. The molecule has 0 aromatic heterocycles. The largest absolute Gasteiger partial charge is 0.481 e. The average molecular weight is 196 g/mol. The van der Waals surface area contributed by atoms with Gasteiger partial charge in [-0.05, 0) is 13.3 Å². The predicted molar refractivity (Wildman–Crippen MR) is 53.7 cm³/mol. The predicted octanol–water partition coefficient (Wildman–Crippen LogP) is 1.86. The molecule has 1 unspecified atom stereocenters. The van der Waals surface area contributed by atoms with Gasteiger partial charge in [0.05, 0.1) is 5.92 Å². The van der Waals surface area contributed by atoms with Gasteiger partial charge in [0.25, 0.3) is 0 Å². The van der Waals surface area contributed by atoms with Crippen molar-refractivity contribution in [2.45, 2.75) is 39.5 Å². The van der Waals surface area contributed by atoms with Gasteiger partial charge in [0.15, 0.2) is 0 Å². The van der Waals surface area contributed by atoms with E-state index in [1.807, 2.05) is 0 Å². The molecule has 0 radical (unpaired) electrons. The zero-order chi connectivity index (χ0) is 11.0. The standard InChI is InChI=1S/C11H16O3/c1-9(11(13)14)7-5-3-4-6-8-10(2)12/h9H,5-8H2,1-2H3,(H,13,14). The lowest BCUT2D eigenvalue weighted by molar-refractivity contribution is -0.141. The van der Waals surface area contributed by atoms with E-state index in [1.165, 1.54) is 6.92 Å². The third-order valence-electron chi connectivity index (χ3n) is 1.85. The number of hydrogen-bond acceptors (Lipinski definition) is 2. The van der Waals surface area contributed by atoms with Crippen molar-refractivity contribution in [1.82, 2.24) is 0 Å². The lowest BCUT2D eigenvalue weighted by atomic mass is 10.1. The Morgan fingerprint density at radius 2 is 1.86 bits per heavy atom. The monoisotopic (exact) mass is 196 g/mol. The van der Waals surface area contributed by atoms with E-state index in [0.717, 1.165) is 0 Å². The van der Waals surface area contributed by atoms with E-state index in [9.17, 15) is 9.59 Å². The van der Waals surface area contributed by atoms with Crippen molar-refractivity contribution >= 4 is 11.8 Å². The lowest BCUT2D eigenvalue weighted by Gasteiger charge is -2.00.